The zero-order valence-corrected chi connectivity index (χ0v) is 16.5. The molecular formula is C18H19ClN2O5S. The van der Waals surface area contributed by atoms with Gasteiger partial charge in [0.05, 0.1) is 25.3 Å². The van der Waals surface area contributed by atoms with E-state index in [9.17, 15) is 13.2 Å². The molecule has 144 valence electrons. The molecule has 1 unspecified atom stereocenters. The largest absolute Gasteiger partial charge is 0.493 e. The summed E-state index contributed by atoms with van der Waals surface area (Å²) in [6, 6.07) is 10.8. The molecule has 0 heterocycles. The molecule has 0 aromatic heterocycles. The third-order valence-corrected chi connectivity index (χ3v) is 6.05. The van der Waals surface area contributed by atoms with Crippen molar-refractivity contribution < 1.29 is 22.7 Å². The third kappa shape index (κ3) is 4.99. The van der Waals surface area contributed by atoms with Crippen molar-refractivity contribution in [1.29, 1.82) is 0 Å². The van der Waals surface area contributed by atoms with Gasteiger partial charge < -0.3 is 9.47 Å². The second-order valence-electron chi connectivity index (χ2n) is 5.49. The van der Waals surface area contributed by atoms with Gasteiger partial charge in [-0.1, -0.05) is 17.7 Å². The van der Waals surface area contributed by atoms with Gasteiger partial charge in [-0.05, 0) is 48.9 Å². The molecule has 0 aliphatic rings. The monoisotopic (exact) mass is 410 g/mol. The van der Waals surface area contributed by atoms with Gasteiger partial charge >= 0.3 is 0 Å². The molecule has 2 aromatic rings. The van der Waals surface area contributed by atoms with Crippen LogP contribution in [0.15, 0.2) is 52.5 Å². The molecule has 2 rings (SSSR count). The Morgan fingerprint density at radius 2 is 1.85 bits per heavy atom. The Kier molecular flexibility index (Phi) is 6.81. The maximum Gasteiger partial charge on any atom is 0.258 e. The van der Waals surface area contributed by atoms with Gasteiger partial charge in [-0.2, -0.15) is 5.10 Å². The van der Waals surface area contributed by atoms with Gasteiger partial charge in [0.15, 0.2) is 21.3 Å². The lowest BCUT2D eigenvalue weighted by molar-refractivity contribution is -0.120. The topological polar surface area (TPSA) is 94.1 Å². The second-order valence-corrected chi connectivity index (χ2v) is 8.20. The smallest absolute Gasteiger partial charge is 0.258 e. The Morgan fingerprint density at radius 1 is 1.15 bits per heavy atom. The van der Waals surface area contributed by atoms with Gasteiger partial charge in [-0.25, -0.2) is 13.8 Å². The van der Waals surface area contributed by atoms with Gasteiger partial charge in [0.1, 0.15) is 5.25 Å². The van der Waals surface area contributed by atoms with Crippen molar-refractivity contribution in [3.63, 3.8) is 0 Å². The molecule has 0 aliphatic carbocycles. The van der Waals surface area contributed by atoms with E-state index >= 15 is 0 Å². The van der Waals surface area contributed by atoms with Gasteiger partial charge in [-0.3, -0.25) is 4.79 Å². The van der Waals surface area contributed by atoms with Crippen molar-refractivity contribution in [2.75, 3.05) is 14.2 Å². The van der Waals surface area contributed by atoms with E-state index in [0.29, 0.717) is 17.1 Å². The Bertz CT molecular complexity index is 960. The molecule has 7 nitrogen and oxygen atoms in total. The predicted octanol–water partition coefficient (Wildman–Crippen LogP) is 2.67. The standard InChI is InChI=1S/C18H19ClN2O5S/c1-12(27(23,24)15-6-4-5-14(19)10-15)18(22)21-20-11-13-7-8-16(25-2)17(9-13)26-3/h4-12H,1-3H3,(H,21,22)/b20-11+. The Labute approximate surface area is 162 Å². The van der Waals surface area contributed by atoms with E-state index < -0.39 is 21.0 Å². The minimum atomic E-state index is -3.88. The van der Waals surface area contributed by atoms with Gasteiger partial charge in [0.2, 0.25) is 0 Å². The van der Waals surface area contributed by atoms with Crippen LogP contribution in [0.4, 0.5) is 0 Å². The number of carbonyl (C=O) groups is 1. The Hall–Kier alpha value is -2.58. The summed E-state index contributed by atoms with van der Waals surface area (Å²) in [6.07, 6.45) is 1.37. The molecule has 0 saturated heterocycles. The highest BCUT2D eigenvalue weighted by Crippen LogP contribution is 2.26. The van der Waals surface area contributed by atoms with Crippen LogP contribution < -0.4 is 14.9 Å². The summed E-state index contributed by atoms with van der Waals surface area (Å²) in [5.74, 6) is 0.302. The number of amides is 1. The first kappa shape index (κ1) is 20.7. The molecule has 0 bridgehead atoms. The fourth-order valence-corrected chi connectivity index (χ4v) is 3.74. The van der Waals surface area contributed by atoms with Crippen molar-refractivity contribution in [3.8, 4) is 11.5 Å². The van der Waals surface area contributed by atoms with Crippen molar-refractivity contribution in [3.05, 3.63) is 53.1 Å². The van der Waals surface area contributed by atoms with E-state index in [1.54, 1.807) is 24.3 Å². The van der Waals surface area contributed by atoms with Gasteiger partial charge in [0.25, 0.3) is 5.91 Å². The van der Waals surface area contributed by atoms with Crippen LogP contribution in [0.5, 0.6) is 11.5 Å². The summed E-state index contributed by atoms with van der Waals surface area (Å²) in [5.41, 5.74) is 2.87. The van der Waals surface area contributed by atoms with Crippen molar-refractivity contribution in [2.24, 2.45) is 5.10 Å². The fraction of sp³-hybridized carbons (Fsp3) is 0.222. The van der Waals surface area contributed by atoms with E-state index in [1.807, 2.05) is 0 Å². The number of sulfone groups is 1. The molecule has 1 N–H and O–H groups in total. The van der Waals surface area contributed by atoms with Gasteiger partial charge in [-0.15, -0.1) is 0 Å². The highest BCUT2D eigenvalue weighted by atomic mass is 35.5. The van der Waals surface area contributed by atoms with Crippen LogP contribution >= 0.6 is 11.6 Å². The van der Waals surface area contributed by atoms with Crippen molar-refractivity contribution >= 4 is 33.6 Å². The number of carbonyl (C=O) groups excluding carboxylic acids is 1. The first-order valence-electron chi connectivity index (χ1n) is 7.84. The molecule has 9 heteroatoms. The Morgan fingerprint density at radius 3 is 2.48 bits per heavy atom. The average Bonchev–Trinajstić information content (AvgIpc) is 2.67. The number of ether oxygens (including phenoxy) is 2. The second kappa shape index (κ2) is 8.88. The minimum absolute atomic E-state index is 0.0264. The van der Waals surface area contributed by atoms with E-state index in [-0.39, 0.29) is 9.92 Å². The lowest BCUT2D eigenvalue weighted by Gasteiger charge is -2.11. The summed E-state index contributed by atoms with van der Waals surface area (Å²) in [5, 5.41) is 2.75. The number of halogens is 1. The number of benzene rings is 2. The van der Waals surface area contributed by atoms with Gasteiger partial charge in [0, 0.05) is 5.02 Å². The van der Waals surface area contributed by atoms with E-state index in [0.717, 1.165) is 0 Å². The number of methoxy groups -OCH3 is 2. The lowest BCUT2D eigenvalue weighted by atomic mass is 10.2. The summed E-state index contributed by atoms with van der Waals surface area (Å²) in [4.78, 5) is 12.2. The molecular weight excluding hydrogens is 392 g/mol. The molecule has 1 amide bonds. The van der Waals surface area contributed by atoms with Crippen molar-refractivity contribution in [2.45, 2.75) is 17.1 Å². The number of rotatable bonds is 7. The minimum Gasteiger partial charge on any atom is -0.493 e. The Balaban J connectivity index is 2.09. The quantitative estimate of drug-likeness (QED) is 0.559. The van der Waals surface area contributed by atoms with Crippen LogP contribution in [-0.2, 0) is 14.6 Å². The number of nitrogens with one attached hydrogen (secondary N) is 1. The van der Waals surface area contributed by atoms with Crippen LogP contribution in [0.3, 0.4) is 0 Å². The zero-order chi connectivity index (χ0) is 20.0. The summed E-state index contributed by atoms with van der Waals surface area (Å²) < 4.78 is 35.3. The number of hydrazone groups is 1. The molecule has 0 aliphatic heterocycles. The highest BCUT2D eigenvalue weighted by Gasteiger charge is 2.29. The molecule has 0 saturated carbocycles. The van der Waals surface area contributed by atoms with E-state index in [1.165, 1.54) is 45.6 Å². The SMILES string of the molecule is COc1ccc(/C=N/NC(=O)C(C)S(=O)(=O)c2cccc(Cl)c2)cc1OC. The van der Waals surface area contributed by atoms with E-state index in [4.69, 9.17) is 21.1 Å². The maximum atomic E-state index is 12.5. The summed E-state index contributed by atoms with van der Waals surface area (Å²) in [6.45, 7) is 1.29. The molecule has 27 heavy (non-hydrogen) atoms. The molecule has 2 aromatic carbocycles. The van der Waals surface area contributed by atoms with Crippen LogP contribution in [0.1, 0.15) is 12.5 Å². The average molecular weight is 411 g/mol. The third-order valence-electron chi connectivity index (χ3n) is 3.76. The van der Waals surface area contributed by atoms with Crippen LogP contribution in [-0.4, -0.2) is 40.0 Å². The number of hydrogen-bond donors (Lipinski definition) is 1. The van der Waals surface area contributed by atoms with Crippen LogP contribution in [0, 0.1) is 0 Å². The fourth-order valence-electron chi connectivity index (χ4n) is 2.18. The van der Waals surface area contributed by atoms with Crippen molar-refractivity contribution in [1.82, 2.24) is 5.43 Å². The van der Waals surface area contributed by atoms with E-state index in [2.05, 4.69) is 10.5 Å². The first-order valence-corrected chi connectivity index (χ1v) is 9.76. The number of nitrogens with zero attached hydrogens (tertiary/aromatic N) is 1. The lowest BCUT2D eigenvalue weighted by Crippen LogP contribution is -2.35. The molecule has 0 spiro atoms. The highest BCUT2D eigenvalue weighted by molar-refractivity contribution is 7.92. The van der Waals surface area contributed by atoms with Crippen LogP contribution in [0.2, 0.25) is 5.02 Å². The molecule has 0 radical (unpaired) electrons. The molecule has 1 atom stereocenters. The summed E-state index contributed by atoms with van der Waals surface area (Å²) in [7, 11) is -0.858. The molecule has 0 fully saturated rings. The normalized spacial score (nSPS) is 12.6. The predicted molar refractivity (Wildman–Crippen MR) is 103 cm³/mol. The summed E-state index contributed by atoms with van der Waals surface area (Å²) >= 11 is 5.83. The maximum absolute atomic E-state index is 12.5. The first-order chi connectivity index (χ1) is 12.8. The zero-order valence-electron chi connectivity index (χ0n) is 15.0. The number of hydrogen-bond acceptors (Lipinski definition) is 6. The van der Waals surface area contributed by atoms with Crippen LogP contribution in [0.25, 0.3) is 0 Å².